The summed E-state index contributed by atoms with van der Waals surface area (Å²) in [5, 5.41) is 3.27. The Labute approximate surface area is 110 Å². The molecule has 0 spiro atoms. The van der Waals surface area contributed by atoms with Crippen LogP contribution in [0.3, 0.4) is 0 Å². The van der Waals surface area contributed by atoms with Crippen molar-refractivity contribution < 1.29 is 9.47 Å². The first kappa shape index (κ1) is 14.9. The molecule has 1 aromatic rings. The Morgan fingerprint density at radius 3 is 2.72 bits per heavy atom. The third-order valence-electron chi connectivity index (χ3n) is 2.45. The van der Waals surface area contributed by atoms with Gasteiger partial charge in [-0.2, -0.15) is 0 Å². The van der Waals surface area contributed by atoms with Crippen LogP contribution in [0.1, 0.15) is 31.7 Å². The third-order valence-corrected chi connectivity index (χ3v) is 2.45. The van der Waals surface area contributed by atoms with Gasteiger partial charge in [-0.25, -0.2) is 0 Å². The number of pyridine rings is 1. The lowest BCUT2D eigenvalue weighted by Crippen LogP contribution is -2.15. The number of hydrogen-bond donors (Lipinski definition) is 1. The summed E-state index contributed by atoms with van der Waals surface area (Å²) in [6, 6.07) is 3.95. The number of aryl methyl sites for hydroxylation is 1. The van der Waals surface area contributed by atoms with Gasteiger partial charge in [0.1, 0.15) is 12.4 Å². The zero-order chi connectivity index (χ0) is 13.2. The molecule has 0 bridgehead atoms. The topological polar surface area (TPSA) is 43.4 Å². The van der Waals surface area contributed by atoms with Crippen LogP contribution in [0.2, 0.25) is 0 Å². The Hall–Kier alpha value is -1.13. The molecule has 0 aliphatic rings. The Kier molecular flexibility index (Phi) is 7.37. The fourth-order valence-corrected chi connectivity index (χ4v) is 1.56. The van der Waals surface area contributed by atoms with E-state index < -0.39 is 0 Å². The molecule has 0 atom stereocenters. The molecule has 1 N–H and O–H groups in total. The van der Waals surface area contributed by atoms with Gasteiger partial charge in [0.15, 0.2) is 0 Å². The van der Waals surface area contributed by atoms with Gasteiger partial charge in [0.05, 0.1) is 12.3 Å². The van der Waals surface area contributed by atoms with E-state index in [1.54, 1.807) is 0 Å². The molecule has 4 nitrogen and oxygen atoms in total. The van der Waals surface area contributed by atoms with Crippen molar-refractivity contribution in [2.24, 2.45) is 0 Å². The second-order valence-electron chi connectivity index (χ2n) is 4.14. The zero-order valence-electron chi connectivity index (χ0n) is 11.7. The second kappa shape index (κ2) is 8.89. The molecule has 4 heteroatoms. The van der Waals surface area contributed by atoms with Gasteiger partial charge >= 0.3 is 0 Å². The minimum atomic E-state index is 0.573. The Morgan fingerprint density at radius 2 is 2.00 bits per heavy atom. The van der Waals surface area contributed by atoms with E-state index in [1.165, 1.54) is 0 Å². The highest BCUT2D eigenvalue weighted by molar-refractivity contribution is 5.29. The molecule has 0 radical (unpaired) electrons. The van der Waals surface area contributed by atoms with Crippen LogP contribution in [-0.4, -0.2) is 31.3 Å². The number of hydrogen-bond acceptors (Lipinski definition) is 4. The van der Waals surface area contributed by atoms with Crippen molar-refractivity contribution in [1.29, 1.82) is 0 Å². The lowest BCUT2D eigenvalue weighted by molar-refractivity contribution is 0.100. The number of aromatic nitrogens is 1. The third kappa shape index (κ3) is 5.47. The summed E-state index contributed by atoms with van der Waals surface area (Å²) in [6.07, 6.45) is 1.04. The lowest BCUT2D eigenvalue weighted by Gasteiger charge is -2.12. The lowest BCUT2D eigenvalue weighted by atomic mass is 10.3. The molecule has 0 amide bonds. The molecule has 0 aromatic carbocycles. The minimum Gasteiger partial charge on any atom is -0.489 e. The van der Waals surface area contributed by atoms with Crippen molar-refractivity contribution in [1.82, 2.24) is 10.3 Å². The van der Waals surface area contributed by atoms with Gasteiger partial charge < -0.3 is 14.8 Å². The summed E-state index contributed by atoms with van der Waals surface area (Å²) in [4.78, 5) is 4.50. The van der Waals surface area contributed by atoms with E-state index in [0.29, 0.717) is 13.2 Å². The molecular weight excluding hydrogens is 228 g/mol. The maximum Gasteiger partial charge on any atom is 0.142 e. The minimum absolute atomic E-state index is 0.573. The van der Waals surface area contributed by atoms with Crippen LogP contribution < -0.4 is 10.1 Å². The molecule has 0 saturated carbocycles. The van der Waals surface area contributed by atoms with E-state index in [-0.39, 0.29) is 0 Å². The SMILES string of the molecule is CCCOCCOc1ccc(C)nc1CNCC. The van der Waals surface area contributed by atoms with E-state index in [9.17, 15) is 0 Å². The average molecular weight is 252 g/mol. The summed E-state index contributed by atoms with van der Waals surface area (Å²) >= 11 is 0. The second-order valence-corrected chi connectivity index (χ2v) is 4.14. The van der Waals surface area contributed by atoms with Crippen molar-refractivity contribution >= 4 is 0 Å². The number of rotatable bonds is 9. The maximum absolute atomic E-state index is 5.71. The van der Waals surface area contributed by atoms with Gasteiger partial charge in [0.2, 0.25) is 0 Å². The predicted molar refractivity (Wildman–Crippen MR) is 73.0 cm³/mol. The van der Waals surface area contributed by atoms with Crippen molar-refractivity contribution in [3.05, 3.63) is 23.5 Å². The van der Waals surface area contributed by atoms with E-state index in [2.05, 4.69) is 24.1 Å². The highest BCUT2D eigenvalue weighted by Crippen LogP contribution is 2.16. The molecule has 1 rings (SSSR count). The molecular formula is C14H24N2O2. The van der Waals surface area contributed by atoms with Crippen molar-refractivity contribution in [2.45, 2.75) is 33.7 Å². The molecule has 102 valence electrons. The first-order valence-electron chi connectivity index (χ1n) is 6.65. The summed E-state index contributed by atoms with van der Waals surface area (Å²) in [6.45, 7) is 9.82. The van der Waals surface area contributed by atoms with Gasteiger partial charge in [0.25, 0.3) is 0 Å². The fraction of sp³-hybridized carbons (Fsp3) is 0.643. The van der Waals surface area contributed by atoms with Crippen LogP contribution in [0, 0.1) is 6.92 Å². The van der Waals surface area contributed by atoms with Crippen LogP contribution >= 0.6 is 0 Å². The smallest absolute Gasteiger partial charge is 0.142 e. The number of nitrogens with zero attached hydrogens (tertiary/aromatic N) is 1. The van der Waals surface area contributed by atoms with Gasteiger partial charge in [-0.3, -0.25) is 4.98 Å². The van der Waals surface area contributed by atoms with Crippen LogP contribution in [-0.2, 0) is 11.3 Å². The fourth-order valence-electron chi connectivity index (χ4n) is 1.56. The van der Waals surface area contributed by atoms with Crippen molar-refractivity contribution in [3.63, 3.8) is 0 Å². The summed E-state index contributed by atoms with van der Waals surface area (Å²) in [5.41, 5.74) is 1.98. The Balaban J connectivity index is 2.47. The highest BCUT2D eigenvalue weighted by atomic mass is 16.5. The number of nitrogens with one attached hydrogen (secondary N) is 1. The normalized spacial score (nSPS) is 10.6. The van der Waals surface area contributed by atoms with Crippen LogP contribution in [0.15, 0.2) is 12.1 Å². The number of ether oxygens (including phenoxy) is 2. The molecule has 0 fully saturated rings. The summed E-state index contributed by atoms with van der Waals surface area (Å²) < 4.78 is 11.1. The quantitative estimate of drug-likeness (QED) is 0.685. The average Bonchev–Trinajstić information content (AvgIpc) is 2.38. The van der Waals surface area contributed by atoms with E-state index in [1.807, 2.05) is 19.1 Å². The molecule has 18 heavy (non-hydrogen) atoms. The highest BCUT2D eigenvalue weighted by Gasteiger charge is 2.05. The molecule has 0 unspecified atom stereocenters. The summed E-state index contributed by atoms with van der Waals surface area (Å²) in [5.74, 6) is 0.849. The molecule has 0 saturated heterocycles. The first-order valence-corrected chi connectivity index (χ1v) is 6.65. The van der Waals surface area contributed by atoms with Crippen molar-refractivity contribution in [3.8, 4) is 5.75 Å². The van der Waals surface area contributed by atoms with Crippen LogP contribution in [0.5, 0.6) is 5.75 Å². The molecule has 1 aromatic heterocycles. The van der Waals surface area contributed by atoms with E-state index in [4.69, 9.17) is 9.47 Å². The standard InChI is InChI=1S/C14H24N2O2/c1-4-8-17-9-10-18-14-7-6-12(3)16-13(14)11-15-5-2/h6-7,15H,4-5,8-11H2,1-3H3. The Bertz CT molecular complexity index is 343. The summed E-state index contributed by atoms with van der Waals surface area (Å²) in [7, 11) is 0. The Morgan fingerprint density at radius 1 is 1.17 bits per heavy atom. The first-order chi connectivity index (χ1) is 8.77. The molecule has 0 aliphatic heterocycles. The molecule has 1 heterocycles. The molecule has 0 aliphatic carbocycles. The monoisotopic (exact) mass is 252 g/mol. The largest absolute Gasteiger partial charge is 0.489 e. The van der Waals surface area contributed by atoms with Crippen LogP contribution in [0.25, 0.3) is 0 Å². The maximum atomic E-state index is 5.71. The van der Waals surface area contributed by atoms with Crippen LogP contribution in [0.4, 0.5) is 0 Å². The van der Waals surface area contributed by atoms with Gasteiger partial charge in [-0.1, -0.05) is 13.8 Å². The van der Waals surface area contributed by atoms with E-state index in [0.717, 1.165) is 43.3 Å². The van der Waals surface area contributed by atoms with Gasteiger partial charge in [-0.05, 0) is 32.0 Å². The zero-order valence-corrected chi connectivity index (χ0v) is 11.7. The van der Waals surface area contributed by atoms with Gasteiger partial charge in [0, 0.05) is 18.8 Å². The van der Waals surface area contributed by atoms with E-state index >= 15 is 0 Å². The van der Waals surface area contributed by atoms with Gasteiger partial charge in [-0.15, -0.1) is 0 Å². The predicted octanol–water partition coefficient (Wildman–Crippen LogP) is 2.30. The van der Waals surface area contributed by atoms with Crippen molar-refractivity contribution in [2.75, 3.05) is 26.4 Å².